The standard InChI is InChI=1S/C16H15FN2S/c1-11-6-7-14-15(10-11)19(16(20)18-14)9-8-12-4-2-3-5-13(12)17/h2-7,10H,8-9H2,1H3,(H,18,20). The molecule has 2 aromatic carbocycles. The van der Waals surface area contributed by atoms with Gasteiger partial charge in [-0.3, -0.25) is 0 Å². The minimum Gasteiger partial charge on any atom is -0.331 e. The van der Waals surface area contributed by atoms with Crippen molar-refractivity contribution in [2.24, 2.45) is 0 Å². The monoisotopic (exact) mass is 286 g/mol. The molecule has 0 spiro atoms. The summed E-state index contributed by atoms with van der Waals surface area (Å²) in [6, 6.07) is 13.1. The van der Waals surface area contributed by atoms with Crippen molar-refractivity contribution in [2.45, 2.75) is 19.9 Å². The van der Waals surface area contributed by atoms with Gasteiger partial charge in [0.1, 0.15) is 5.82 Å². The summed E-state index contributed by atoms with van der Waals surface area (Å²) in [7, 11) is 0. The third-order valence-corrected chi connectivity index (χ3v) is 3.82. The summed E-state index contributed by atoms with van der Waals surface area (Å²) in [6.45, 7) is 2.72. The molecule has 4 heteroatoms. The molecule has 3 rings (SSSR count). The van der Waals surface area contributed by atoms with Crippen LogP contribution in [0.1, 0.15) is 11.1 Å². The third-order valence-electron chi connectivity index (χ3n) is 3.49. The molecule has 0 saturated heterocycles. The Morgan fingerprint density at radius 3 is 2.80 bits per heavy atom. The van der Waals surface area contributed by atoms with E-state index in [1.165, 1.54) is 11.6 Å². The molecule has 0 aliphatic carbocycles. The fourth-order valence-corrected chi connectivity index (χ4v) is 2.72. The quantitative estimate of drug-likeness (QED) is 0.708. The maximum Gasteiger partial charge on any atom is 0.178 e. The highest BCUT2D eigenvalue weighted by Gasteiger charge is 2.06. The Bertz CT molecular complexity index is 817. The van der Waals surface area contributed by atoms with Crippen molar-refractivity contribution in [1.29, 1.82) is 0 Å². The van der Waals surface area contributed by atoms with Crippen molar-refractivity contribution < 1.29 is 4.39 Å². The van der Waals surface area contributed by atoms with Gasteiger partial charge in [0, 0.05) is 6.54 Å². The van der Waals surface area contributed by atoms with Crippen LogP contribution in [0.3, 0.4) is 0 Å². The molecule has 102 valence electrons. The van der Waals surface area contributed by atoms with Crippen molar-refractivity contribution in [1.82, 2.24) is 9.55 Å². The summed E-state index contributed by atoms with van der Waals surface area (Å²) >= 11 is 5.36. The molecule has 1 aromatic heterocycles. The van der Waals surface area contributed by atoms with Gasteiger partial charge in [-0.25, -0.2) is 4.39 Å². The number of fused-ring (bicyclic) bond motifs is 1. The summed E-state index contributed by atoms with van der Waals surface area (Å²) in [5.41, 5.74) is 4.00. The Balaban J connectivity index is 1.95. The average Bonchev–Trinajstić information content (AvgIpc) is 2.73. The molecule has 0 unspecified atom stereocenters. The van der Waals surface area contributed by atoms with E-state index in [1.54, 1.807) is 6.07 Å². The number of halogens is 1. The van der Waals surface area contributed by atoms with E-state index in [0.29, 0.717) is 17.7 Å². The Morgan fingerprint density at radius 1 is 1.20 bits per heavy atom. The zero-order valence-electron chi connectivity index (χ0n) is 11.2. The van der Waals surface area contributed by atoms with Crippen LogP contribution >= 0.6 is 12.2 Å². The Morgan fingerprint density at radius 2 is 2.00 bits per heavy atom. The lowest BCUT2D eigenvalue weighted by Gasteiger charge is -2.06. The highest BCUT2D eigenvalue weighted by molar-refractivity contribution is 7.71. The summed E-state index contributed by atoms with van der Waals surface area (Å²) in [4.78, 5) is 3.19. The Hall–Kier alpha value is -1.94. The van der Waals surface area contributed by atoms with E-state index in [-0.39, 0.29) is 5.82 Å². The van der Waals surface area contributed by atoms with E-state index in [2.05, 4.69) is 24.0 Å². The SMILES string of the molecule is Cc1ccc2[nH]c(=S)n(CCc3ccccc3F)c2c1. The molecule has 3 aromatic rings. The van der Waals surface area contributed by atoms with E-state index in [1.807, 2.05) is 22.8 Å². The molecule has 0 saturated carbocycles. The van der Waals surface area contributed by atoms with Crippen molar-refractivity contribution in [3.63, 3.8) is 0 Å². The first kappa shape index (κ1) is 13.1. The van der Waals surface area contributed by atoms with E-state index < -0.39 is 0 Å². The molecule has 0 aliphatic rings. The van der Waals surface area contributed by atoms with Gasteiger partial charge in [-0.15, -0.1) is 0 Å². The number of aryl methyl sites for hydroxylation is 3. The third kappa shape index (κ3) is 2.39. The fourth-order valence-electron chi connectivity index (χ4n) is 2.42. The normalized spacial score (nSPS) is 11.1. The number of nitrogens with zero attached hydrogens (tertiary/aromatic N) is 1. The minimum atomic E-state index is -0.157. The minimum absolute atomic E-state index is 0.157. The molecule has 0 radical (unpaired) electrons. The smallest absolute Gasteiger partial charge is 0.178 e. The number of nitrogens with one attached hydrogen (secondary N) is 1. The number of hydrogen-bond acceptors (Lipinski definition) is 1. The molecular weight excluding hydrogens is 271 g/mol. The first-order chi connectivity index (χ1) is 9.65. The molecule has 20 heavy (non-hydrogen) atoms. The predicted molar refractivity (Wildman–Crippen MR) is 82.0 cm³/mol. The van der Waals surface area contributed by atoms with Gasteiger partial charge in [0.15, 0.2) is 4.77 Å². The van der Waals surface area contributed by atoms with Crippen LogP contribution in [0.4, 0.5) is 4.39 Å². The number of H-pyrrole nitrogens is 1. The summed E-state index contributed by atoms with van der Waals surface area (Å²) in [5, 5.41) is 0. The largest absolute Gasteiger partial charge is 0.331 e. The number of aromatic nitrogens is 2. The van der Waals surface area contributed by atoms with Gasteiger partial charge in [0.25, 0.3) is 0 Å². The number of benzene rings is 2. The van der Waals surface area contributed by atoms with Gasteiger partial charge in [-0.05, 0) is 54.9 Å². The second-order valence-electron chi connectivity index (χ2n) is 4.94. The number of aromatic amines is 1. The van der Waals surface area contributed by atoms with Gasteiger partial charge in [0.2, 0.25) is 0 Å². The van der Waals surface area contributed by atoms with Crippen LogP contribution in [0.5, 0.6) is 0 Å². The molecule has 1 N–H and O–H groups in total. The number of imidazole rings is 1. The van der Waals surface area contributed by atoms with Crippen molar-refractivity contribution in [3.8, 4) is 0 Å². The maximum absolute atomic E-state index is 13.7. The first-order valence-electron chi connectivity index (χ1n) is 6.58. The zero-order chi connectivity index (χ0) is 14.1. The summed E-state index contributed by atoms with van der Waals surface area (Å²) in [5.74, 6) is -0.157. The molecule has 0 atom stereocenters. The van der Waals surface area contributed by atoms with Crippen LogP contribution in [0.15, 0.2) is 42.5 Å². The first-order valence-corrected chi connectivity index (χ1v) is 6.98. The van der Waals surface area contributed by atoms with Crippen molar-refractivity contribution in [3.05, 3.63) is 64.2 Å². The molecule has 1 heterocycles. The fraction of sp³-hybridized carbons (Fsp3) is 0.188. The average molecular weight is 286 g/mol. The molecule has 0 amide bonds. The molecule has 2 nitrogen and oxygen atoms in total. The topological polar surface area (TPSA) is 20.7 Å². The molecule has 0 aliphatic heterocycles. The predicted octanol–water partition coefficient (Wildman–Crippen LogP) is 4.39. The van der Waals surface area contributed by atoms with Crippen LogP contribution in [0.25, 0.3) is 11.0 Å². The highest BCUT2D eigenvalue weighted by Crippen LogP contribution is 2.17. The van der Waals surface area contributed by atoms with Crippen molar-refractivity contribution >= 4 is 23.3 Å². The number of rotatable bonds is 3. The zero-order valence-corrected chi connectivity index (χ0v) is 12.0. The maximum atomic E-state index is 13.7. The van der Waals surface area contributed by atoms with Crippen LogP contribution in [-0.4, -0.2) is 9.55 Å². The van der Waals surface area contributed by atoms with Gasteiger partial charge >= 0.3 is 0 Å². The lowest BCUT2D eigenvalue weighted by atomic mass is 10.1. The van der Waals surface area contributed by atoms with Gasteiger partial charge < -0.3 is 9.55 Å². The second kappa shape index (κ2) is 5.21. The number of hydrogen-bond donors (Lipinski definition) is 1. The summed E-state index contributed by atoms with van der Waals surface area (Å²) in [6.07, 6.45) is 0.627. The Kier molecular flexibility index (Phi) is 3.40. The van der Waals surface area contributed by atoms with Crippen LogP contribution in [0.2, 0.25) is 0 Å². The lowest BCUT2D eigenvalue weighted by molar-refractivity contribution is 0.595. The van der Waals surface area contributed by atoms with Crippen LogP contribution in [-0.2, 0) is 13.0 Å². The van der Waals surface area contributed by atoms with E-state index in [4.69, 9.17) is 12.2 Å². The van der Waals surface area contributed by atoms with E-state index in [9.17, 15) is 4.39 Å². The van der Waals surface area contributed by atoms with Gasteiger partial charge in [0.05, 0.1) is 11.0 Å². The summed E-state index contributed by atoms with van der Waals surface area (Å²) < 4.78 is 16.4. The Labute approximate surface area is 121 Å². The van der Waals surface area contributed by atoms with Crippen LogP contribution in [0, 0.1) is 17.5 Å². The van der Waals surface area contributed by atoms with Gasteiger partial charge in [-0.2, -0.15) is 0 Å². The lowest BCUT2D eigenvalue weighted by Crippen LogP contribution is -2.03. The van der Waals surface area contributed by atoms with Gasteiger partial charge in [-0.1, -0.05) is 24.3 Å². The van der Waals surface area contributed by atoms with E-state index >= 15 is 0 Å². The van der Waals surface area contributed by atoms with Crippen LogP contribution < -0.4 is 0 Å². The molecular formula is C16H15FN2S. The highest BCUT2D eigenvalue weighted by atomic mass is 32.1. The van der Waals surface area contributed by atoms with Crippen molar-refractivity contribution in [2.75, 3.05) is 0 Å². The molecule has 0 bridgehead atoms. The molecule has 0 fully saturated rings. The van der Waals surface area contributed by atoms with E-state index in [0.717, 1.165) is 16.6 Å². The second-order valence-corrected chi connectivity index (χ2v) is 5.33.